The highest BCUT2D eigenvalue weighted by molar-refractivity contribution is 7.89. The quantitative estimate of drug-likeness (QED) is 0.586. The molecule has 0 bridgehead atoms. The predicted molar refractivity (Wildman–Crippen MR) is 126 cm³/mol. The molecule has 0 N–H and O–H groups in total. The van der Waals surface area contributed by atoms with Gasteiger partial charge in [-0.05, 0) is 54.7 Å². The zero-order valence-corrected chi connectivity index (χ0v) is 20.3. The first kappa shape index (κ1) is 23.2. The molecule has 0 amide bonds. The average Bonchev–Trinajstić information content (AvgIpc) is 3.02. The van der Waals surface area contributed by atoms with Crippen LogP contribution in [-0.2, 0) is 23.6 Å². The Balaban J connectivity index is 1.64. The van der Waals surface area contributed by atoms with Crippen LogP contribution in [0.3, 0.4) is 0 Å². The summed E-state index contributed by atoms with van der Waals surface area (Å²) >= 11 is 0. The van der Waals surface area contributed by atoms with Crippen LogP contribution in [0, 0.1) is 16.7 Å². The number of pyridine rings is 1. The Morgan fingerprint density at radius 3 is 2.48 bits per heavy atom. The maximum atomic E-state index is 13.2. The van der Waals surface area contributed by atoms with Crippen LogP contribution in [0.1, 0.15) is 50.8 Å². The molecule has 33 heavy (non-hydrogen) atoms. The van der Waals surface area contributed by atoms with Crippen LogP contribution in [-0.4, -0.2) is 39.9 Å². The van der Waals surface area contributed by atoms with Crippen molar-refractivity contribution in [1.29, 1.82) is 5.26 Å². The Morgan fingerprint density at radius 2 is 1.85 bits per heavy atom. The number of nitrogens with zero attached hydrogens (tertiary/aromatic N) is 5. The molecule has 9 heteroatoms. The summed E-state index contributed by atoms with van der Waals surface area (Å²) in [4.78, 5) is 17.8. The van der Waals surface area contributed by atoms with Gasteiger partial charge in [-0.25, -0.2) is 18.2 Å². The first-order valence-corrected chi connectivity index (χ1v) is 12.5. The molecule has 0 radical (unpaired) electrons. The molecule has 1 saturated heterocycles. The van der Waals surface area contributed by atoms with E-state index in [0.717, 1.165) is 24.1 Å². The van der Waals surface area contributed by atoms with Crippen LogP contribution in [0.4, 0.5) is 0 Å². The third-order valence-electron chi connectivity index (χ3n) is 6.06. The van der Waals surface area contributed by atoms with Crippen molar-refractivity contribution < 1.29 is 8.42 Å². The van der Waals surface area contributed by atoms with E-state index < -0.39 is 10.0 Å². The minimum absolute atomic E-state index is 0.0551. The number of fused-ring (bicyclic) bond motifs is 1. The molecule has 1 fully saturated rings. The van der Waals surface area contributed by atoms with E-state index in [2.05, 4.69) is 20.8 Å². The number of imidazole rings is 1. The summed E-state index contributed by atoms with van der Waals surface area (Å²) in [7, 11) is -1.94. The monoisotopic (exact) mass is 467 g/mol. The molecular weight excluding hydrogens is 438 g/mol. The van der Waals surface area contributed by atoms with Crippen molar-refractivity contribution in [2.75, 3.05) is 13.1 Å². The van der Waals surface area contributed by atoms with E-state index in [0.29, 0.717) is 30.8 Å². The fraction of sp³-hybridized carbons (Fsp3) is 0.458. The summed E-state index contributed by atoms with van der Waals surface area (Å²) in [6, 6.07) is 11.9. The van der Waals surface area contributed by atoms with Gasteiger partial charge in [-0.2, -0.15) is 9.57 Å². The van der Waals surface area contributed by atoms with Crippen LogP contribution in [0.2, 0.25) is 0 Å². The van der Waals surface area contributed by atoms with Crippen molar-refractivity contribution >= 4 is 21.2 Å². The molecule has 8 nitrogen and oxygen atoms in total. The van der Waals surface area contributed by atoms with Crippen LogP contribution >= 0.6 is 0 Å². The second kappa shape index (κ2) is 8.43. The Kier molecular flexibility index (Phi) is 5.93. The number of aryl methyl sites for hydroxylation is 1. The Hall–Kier alpha value is -2.96. The van der Waals surface area contributed by atoms with E-state index in [1.165, 1.54) is 28.6 Å². The Labute approximate surface area is 194 Å². The zero-order valence-electron chi connectivity index (χ0n) is 19.4. The van der Waals surface area contributed by atoms with E-state index in [1.54, 1.807) is 16.2 Å². The fourth-order valence-corrected chi connectivity index (χ4v) is 5.92. The maximum Gasteiger partial charge on any atom is 0.330 e. The molecule has 0 saturated carbocycles. The third-order valence-corrected chi connectivity index (χ3v) is 7.94. The topological polar surface area (TPSA) is 101 Å². The number of nitriles is 1. The van der Waals surface area contributed by atoms with E-state index in [4.69, 9.17) is 10.2 Å². The fourth-order valence-electron chi connectivity index (χ4n) is 4.40. The lowest BCUT2D eigenvalue weighted by Gasteiger charge is -2.31. The molecule has 4 rings (SSSR count). The lowest BCUT2D eigenvalue weighted by Crippen LogP contribution is -2.39. The van der Waals surface area contributed by atoms with Crippen molar-refractivity contribution in [3.8, 4) is 6.07 Å². The van der Waals surface area contributed by atoms with Gasteiger partial charge in [-0.15, -0.1) is 0 Å². The second-order valence-corrected chi connectivity index (χ2v) is 11.8. The second-order valence-electron chi connectivity index (χ2n) is 9.91. The SMILES string of the molecule is Cn1c(=O)n(CC(C)(C)C)c2ccc(C3CCCN(S(=O)(=O)c4ccc(C#N)cc4)C3)nc21. The Bertz CT molecular complexity index is 1390. The van der Waals surface area contributed by atoms with Gasteiger partial charge in [-0.1, -0.05) is 20.8 Å². The molecule has 2 aromatic heterocycles. The summed E-state index contributed by atoms with van der Waals surface area (Å²) in [5.41, 5.74) is 2.48. The number of benzene rings is 1. The van der Waals surface area contributed by atoms with Crippen molar-refractivity contribution in [2.24, 2.45) is 12.5 Å². The van der Waals surface area contributed by atoms with Gasteiger partial charge in [0.25, 0.3) is 0 Å². The number of hydrogen-bond donors (Lipinski definition) is 0. The standard InChI is InChI=1S/C24H29N5O3S/c1-24(2,3)16-29-21-12-11-20(26-22(21)27(4)23(29)30)18-6-5-13-28(15-18)33(31,32)19-9-7-17(14-25)8-10-19/h7-12,18H,5-6,13,15-16H2,1-4H3. The molecule has 1 aliphatic heterocycles. The molecule has 1 aliphatic rings. The van der Waals surface area contributed by atoms with Gasteiger partial charge in [0, 0.05) is 38.3 Å². The first-order chi connectivity index (χ1) is 15.5. The van der Waals surface area contributed by atoms with E-state index in [-0.39, 0.29) is 21.9 Å². The highest BCUT2D eigenvalue weighted by Crippen LogP contribution is 2.30. The van der Waals surface area contributed by atoms with Gasteiger partial charge >= 0.3 is 5.69 Å². The molecule has 1 aromatic carbocycles. The number of rotatable bonds is 4. The highest BCUT2D eigenvalue weighted by Gasteiger charge is 2.32. The van der Waals surface area contributed by atoms with Gasteiger partial charge < -0.3 is 0 Å². The summed E-state index contributed by atoms with van der Waals surface area (Å²) in [5, 5.41) is 8.97. The lowest BCUT2D eigenvalue weighted by molar-refractivity contribution is 0.313. The number of piperidine rings is 1. The molecular formula is C24H29N5O3S. The Morgan fingerprint density at radius 1 is 1.15 bits per heavy atom. The maximum absolute atomic E-state index is 13.2. The number of sulfonamides is 1. The van der Waals surface area contributed by atoms with Crippen molar-refractivity contribution in [2.45, 2.75) is 51.0 Å². The predicted octanol–water partition coefficient (Wildman–Crippen LogP) is 3.22. The smallest absolute Gasteiger partial charge is 0.290 e. The molecule has 1 unspecified atom stereocenters. The average molecular weight is 468 g/mol. The molecule has 174 valence electrons. The van der Waals surface area contributed by atoms with Crippen molar-refractivity contribution in [1.82, 2.24) is 18.4 Å². The highest BCUT2D eigenvalue weighted by atomic mass is 32.2. The minimum atomic E-state index is -3.66. The van der Waals surface area contributed by atoms with E-state index in [9.17, 15) is 13.2 Å². The summed E-state index contributed by atoms with van der Waals surface area (Å²) in [6.45, 7) is 7.63. The van der Waals surface area contributed by atoms with Crippen LogP contribution in [0.15, 0.2) is 46.1 Å². The number of aromatic nitrogens is 3. The van der Waals surface area contributed by atoms with Gasteiger partial charge in [0.1, 0.15) is 0 Å². The summed E-state index contributed by atoms with van der Waals surface area (Å²) < 4.78 is 31.2. The van der Waals surface area contributed by atoms with Crippen LogP contribution < -0.4 is 5.69 Å². The largest absolute Gasteiger partial charge is 0.330 e. The summed E-state index contributed by atoms with van der Waals surface area (Å²) in [6.07, 6.45) is 1.55. The molecule has 3 aromatic rings. The first-order valence-electron chi connectivity index (χ1n) is 11.1. The van der Waals surface area contributed by atoms with Gasteiger partial charge in [0.15, 0.2) is 5.65 Å². The van der Waals surface area contributed by atoms with Crippen molar-refractivity contribution in [3.63, 3.8) is 0 Å². The normalized spacial score (nSPS) is 17.8. The molecule has 3 heterocycles. The van der Waals surface area contributed by atoms with Crippen molar-refractivity contribution in [3.05, 3.63) is 58.1 Å². The van der Waals surface area contributed by atoms with E-state index in [1.807, 2.05) is 18.2 Å². The van der Waals surface area contributed by atoms with Crippen LogP contribution in [0.5, 0.6) is 0 Å². The molecule has 0 spiro atoms. The lowest BCUT2D eigenvalue weighted by atomic mass is 9.95. The molecule has 1 atom stereocenters. The summed E-state index contributed by atoms with van der Waals surface area (Å²) in [5.74, 6) is -0.0580. The number of hydrogen-bond acceptors (Lipinski definition) is 5. The van der Waals surface area contributed by atoms with Gasteiger partial charge in [0.05, 0.1) is 22.0 Å². The van der Waals surface area contributed by atoms with Gasteiger partial charge in [0.2, 0.25) is 10.0 Å². The molecule has 0 aliphatic carbocycles. The van der Waals surface area contributed by atoms with Gasteiger partial charge in [-0.3, -0.25) is 9.13 Å². The minimum Gasteiger partial charge on any atom is -0.290 e. The zero-order chi connectivity index (χ0) is 24.0. The van der Waals surface area contributed by atoms with E-state index >= 15 is 0 Å². The third kappa shape index (κ3) is 4.45. The van der Waals surface area contributed by atoms with Crippen LogP contribution in [0.25, 0.3) is 11.2 Å².